The van der Waals surface area contributed by atoms with Gasteiger partial charge in [0, 0.05) is 7.11 Å². The van der Waals surface area contributed by atoms with Gasteiger partial charge in [-0.25, -0.2) is 0 Å². The molecule has 100 valence electrons. The summed E-state index contributed by atoms with van der Waals surface area (Å²) in [6.45, 7) is 3.48. The number of carbonyl (C=O) groups excluding carboxylic acids is 1. The second-order valence-corrected chi connectivity index (χ2v) is 4.06. The van der Waals surface area contributed by atoms with E-state index in [1.807, 2.05) is 30.3 Å². The summed E-state index contributed by atoms with van der Waals surface area (Å²) >= 11 is 0. The molecule has 1 aromatic rings. The molecule has 4 nitrogen and oxygen atoms in total. The number of hydrogen-bond donors (Lipinski definition) is 0. The Kier molecular flexibility index (Phi) is 7.06. The van der Waals surface area contributed by atoms with E-state index in [1.165, 1.54) is 0 Å². The van der Waals surface area contributed by atoms with Crippen LogP contribution in [0.1, 0.15) is 12.5 Å². The van der Waals surface area contributed by atoms with Gasteiger partial charge in [-0.05, 0) is 12.5 Å². The van der Waals surface area contributed by atoms with E-state index in [4.69, 9.17) is 14.2 Å². The molecule has 1 unspecified atom stereocenters. The second-order valence-electron chi connectivity index (χ2n) is 4.06. The molecular weight excluding hydrogens is 232 g/mol. The highest BCUT2D eigenvalue weighted by Crippen LogP contribution is 2.05. The molecule has 1 atom stereocenters. The van der Waals surface area contributed by atoms with Gasteiger partial charge in [0.2, 0.25) is 0 Å². The summed E-state index contributed by atoms with van der Waals surface area (Å²) in [6.07, 6.45) is 0. The first-order valence-electron chi connectivity index (χ1n) is 6.01. The normalized spacial score (nSPS) is 12.1. The molecule has 0 aliphatic heterocycles. The Labute approximate surface area is 108 Å². The van der Waals surface area contributed by atoms with Crippen molar-refractivity contribution >= 4 is 5.97 Å². The summed E-state index contributed by atoms with van der Waals surface area (Å²) < 4.78 is 15.3. The predicted octanol–water partition coefficient (Wildman–Crippen LogP) is 2.03. The third-order valence-electron chi connectivity index (χ3n) is 2.43. The van der Waals surface area contributed by atoms with Gasteiger partial charge in [0.25, 0.3) is 0 Å². The van der Waals surface area contributed by atoms with Crippen LogP contribution in [0.5, 0.6) is 0 Å². The zero-order valence-electron chi connectivity index (χ0n) is 10.9. The molecule has 0 radical (unpaired) electrons. The van der Waals surface area contributed by atoms with Crippen LogP contribution in [0.25, 0.3) is 0 Å². The van der Waals surface area contributed by atoms with Gasteiger partial charge in [-0.15, -0.1) is 0 Å². The third-order valence-corrected chi connectivity index (χ3v) is 2.43. The van der Waals surface area contributed by atoms with Crippen LogP contribution in [-0.4, -0.2) is 32.9 Å². The van der Waals surface area contributed by atoms with Crippen LogP contribution in [0.3, 0.4) is 0 Å². The van der Waals surface area contributed by atoms with Crippen LogP contribution in [-0.2, 0) is 25.6 Å². The molecule has 4 heteroatoms. The fourth-order valence-corrected chi connectivity index (χ4v) is 1.34. The van der Waals surface area contributed by atoms with Crippen LogP contribution in [0, 0.1) is 5.92 Å². The largest absolute Gasteiger partial charge is 0.461 e. The van der Waals surface area contributed by atoms with E-state index in [9.17, 15) is 4.79 Å². The molecule has 0 saturated carbocycles. The predicted molar refractivity (Wildman–Crippen MR) is 68.1 cm³/mol. The summed E-state index contributed by atoms with van der Waals surface area (Å²) in [4.78, 5) is 11.6. The zero-order valence-corrected chi connectivity index (χ0v) is 10.9. The first-order valence-corrected chi connectivity index (χ1v) is 6.01. The lowest BCUT2D eigenvalue weighted by Gasteiger charge is -2.11. The van der Waals surface area contributed by atoms with E-state index in [1.54, 1.807) is 14.0 Å². The first-order chi connectivity index (χ1) is 8.74. The number of methoxy groups -OCH3 is 1. The summed E-state index contributed by atoms with van der Waals surface area (Å²) in [6, 6.07) is 9.61. The minimum Gasteiger partial charge on any atom is -0.461 e. The third kappa shape index (κ3) is 5.80. The van der Waals surface area contributed by atoms with E-state index in [-0.39, 0.29) is 11.9 Å². The highest BCUT2D eigenvalue weighted by atomic mass is 16.5. The van der Waals surface area contributed by atoms with Crippen molar-refractivity contribution < 1.29 is 19.0 Å². The van der Waals surface area contributed by atoms with Crippen LogP contribution in [0.4, 0.5) is 0 Å². The number of esters is 1. The molecular formula is C14H20O4. The molecule has 0 fully saturated rings. The summed E-state index contributed by atoms with van der Waals surface area (Å²) in [5.41, 5.74) is 0.985. The average molecular weight is 252 g/mol. The van der Waals surface area contributed by atoms with Crippen molar-refractivity contribution in [3.05, 3.63) is 35.9 Å². The lowest BCUT2D eigenvalue weighted by Crippen LogP contribution is -2.20. The Balaban J connectivity index is 2.19. The van der Waals surface area contributed by atoms with Crippen molar-refractivity contribution in [2.75, 3.05) is 26.9 Å². The molecule has 1 aromatic carbocycles. The molecule has 0 aliphatic carbocycles. The molecule has 1 rings (SSSR count). The van der Waals surface area contributed by atoms with E-state index in [0.717, 1.165) is 5.56 Å². The molecule has 0 aliphatic rings. The molecule has 0 aromatic heterocycles. The van der Waals surface area contributed by atoms with Crippen LogP contribution >= 0.6 is 0 Å². The minimum atomic E-state index is -0.259. The van der Waals surface area contributed by atoms with E-state index in [0.29, 0.717) is 26.4 Å². The van der Waals surface area contributed by atoms with Crippen LogP contribution in [0.2, 0.25) is 0 Å². The smallest absolute Gasteiger partial charge is 0.311 e. The fourth-order valence-electron chi connectivity index (χ4n) is 1.34. The van der Waals surface area contributed by atoms with Gasteiger partial charge < -0.3 is 14.2 Å². The van der Waals surface area contributed by atoms with Crippen molar-refractivity contribution in [1.29, 1.82) is 0 Å². The number of rotatable bonds is 8. The lowest BCUT2D eigenvalue weighted by atomic mass is 10.2. The maximum atomic E-state index is 11.6. The summed E-state index contributed by atoms with van der Waals surface area (Å²) in [7, 11) is 1.61. The van der Waals surface area contributed by atoms with E-state index < -0.39 is 0 Å². The molecule has 0 saturated heterocycles. The number of hydrogen-bond acceptors (Lipinski definition) is 4. The molecule has 0 amide bonds. The number of benzene rings is 1. The summed E-state index contributed by atoms with van der Waals surface area (Å²) in [5, 5.41) is 0. The van der Waals surface area contributed by atoms with E-state index in [2.05, 4.69) is 0 Å². The van der Waals surface area contributed by atoms with Gasteiger partial charge >= 0.3 is 5.97 Å². The average Bonchev–Trinajstić information content (AvgIpc) is 2.42. The van der Waals surface area contributed by atoms with Gasteiger partial charge in [-0.2, -0.15) is 0 Å². The van der Waals surface area contributed by atoms with Gasteiger partial charge in [-0.3, -0.25) is 4.79 Å². The molecule has 0 heterocycles. The molecule has 0 bridgehead atoms. The fraction of sp³-hybridized carbons (Fsp3) is 0.500. The Morgan fingerprint density at radius 3 is 2.61 bits per heavy atom. The number of ether oxygens (including phenoxy) is 3. The molecule has 0 N–H and O–H groups in total. The Morgan fingerprint density at radius 1 is 1.22 bits per heavy atom. The Hall–Kier alpha value is -1.39. The zero-order chi connectivity index (χ0) is 13.2. The second kappa shape index (κ2) is 8.66. The van der Waals surface area contributed by atoms with Crippen molar-refractivity contribution in [3.63, 3.8) is 0 Å². The first kappa shape index (κ1) is 14.7. The Bertz CT molecular complexity index is 337. The molecule has 0 spiro atoms. The summed E-state index contributed by atoms with van der Waals surface area (Å²) in [5.74, 6) is -0.498. The topological polar surface area (TPSA) is 44.8 Å². The number of carbonyl (C=O) groups is 1. The highest BCUT2D eigenvalue weighted by Gasteiger charge is 2.14. The van der Waals surface area contributed by atoms with Crippen molar-refractivity contribution in [1.82, 2.24) is 0 Å². The van der Waals surface area contributed by atoms with Gasteiger partial charge in [0.15, 0.2) is 0 Å². The van der Waals surface area contributed by atoms with Crippen molar-refractivity contribution in [3.8, 4) is 0 Å². The van der Waals surface area contributed by atoms with Gasteiger partial charge in [-0.1, -0.05) is 30.3 Å². The standard InChI is InChI=1S/C14H20O4/c1-12(10-17-9-8-16-2)14(15)18-11-13-6-4-3-5-7-13/h3-7,12H,8-11H2,1-2H3. The van der Waals surface area contributed by atoms with Crippen molar-refractivity contribution in [2.45, 2.75) is 13.5 Å². The van der Waals surface area contributed by atoms with Crippen LogP contribution < -0.4 is 0 Å². The van der Waals surface area contributed by atoms with Gasteiger partial charge in [0.05, 0.1) is 25.7 Å². The SMILES string of the molecule is COCCOCC(C)C(=O)OCc1ccccc1. The monoisotopic (exact) mass is 252 g/mol. The van der Waals surface area contributed by atoms with E-state index >= 15 is 0 Å². The van der Waals surface area contributed by atoms with Crippen molar-refractivity contribution in [2.24, 2.45) is 5.92 Å². The van der Waals surface area contributed by atoms with Gasteiger partial charge in [0.1, 0.15) is 6.61 Å². The van der Waals surface area contributed by atoms with Crippen LogP contribution in [0.15, 0.2) is 30.3 Å². The molecule has 18 heavy (non-hydrogen) atoms. The quantitative estimate of drug-likeness (QED) is 0.524. The maximum Gasteiger partial charge on any atom is 0.311 e. The Morgan fingerprint density at radius 2 is 1.94 bits per heavy atom. The minimum absolute atomic E-state index is 0.240. The maximum absolute atomic E-state index is 11.6. The lowest BCUT2D eigenvalue weighted by molar-refractivity contribution is -0.151. The highest BCUT2D eigenvalue weighted by molar-refractivity contribution is 5.72.